The Morgan fingerprint density at radius 1 is 1.34 bits per heavy atom. The highest BCUT2D eigenvalue weighted by molar-refractivity contribution is 8.09. The molecule has 162 valence electrons. The molecule has 0 fully saturated rings. The fourth-order valence-corrected chi connectivity index (χ4v) is 4.95. The molecule has 1 aromatic carbocycles. The Morgan fingerprint density at radius 2 is 2.03 bits per heavy atom. The van der Waals surface area contributed by atoms with Crippen molar-refractivity contribution in [3.63, 3.8) is 0 Å². The van der Waals surface area contributed by atoms with Crippen LogP contribution in [0.2, 0.25) is 0 Å². The van der Waals surface area contributed by atoms with Crippen molar-refractivity contribution in [2.24, 2.45) is 10.5 Å². The Kier molecular flexibility index (Phi) is 12.0. The van der Waals surface area contributed by atoms with Gasteiger partial charge >= 0.3 is 12.6 Å². The summed E-state index contributed by atoms with van der Waals surface area (Å²) in [7, 11) is 1.28. The van der Waals surface area contributed by atoms with Crippen LogP contribution >= 0.6 is 18.4 Å². The number of carbonyl (C=O) groups excluding carboxylic acids is 1. The van der Waals surface area contributed by atoms with Crippen LogP contribution in [0.3, 0.4) is 0 Å². The third-order valence-corrected chi connectivity index (χ3v) is 6.43. The molecule has 10 heteroatoms. The number of hydrogen-bond donors (Lipinski definition) is 1. The Hall–Kier alpha value is -1.54. The van der Waals surface area contributed by atoms with Crippen molar-refractivity contribution in [3.8, 4) is 11.5 Å². The minimum Gasteiger partial charge on any atom is -0.490 e. The summed E-state index contributed by atoms with van der Waals surface area (Å²) in [6, 6.07) is 7.12. The smallest absolute Gasteiger partial charge is 0.413 e. The maximum absolute atomic E-state index is 11.5. The fraction of sp³-hybridized carbons (Fsp3) is 0.474. The molecule has 2 unspecified atom stereocenters. The van der Waals surface area contributed by atoms with Crippen LogP contribution in [-0.4, -0.2) is 37.0 Å². The zero-order chi connectivity index (χ0) is 21.7. The van der Waals surface area contributed by atoms with Gasteiger partial charge in [-0.25, -0.2) is 4.79 Å². The molecule has 2 atom stereocenters. The molecule has 0 bridgehead atoms. The van der Waals surface area contributed by atoms with Crippen LogP contribution in [0.25, 0.3) is 0 Å². The lowest BCUT2D eigenvalue weighted by atomic mass is 10.3. The minimum absolute atomic E-state index is 0.235. The predicted octanol–water partition coefficient (Wildman–Crippen LogP) is 4.67. The van der Waals surface area contributed by atoms with Crippen molar-refractivity contribution in [1.29, 1.82) is 0 Å². The molecule has 0 saturated carbocycles. The van der Waals surface area contributed by atoms with Gasteiger partial charge in [0.25, 0.3) is 0 Å². The number of esters is 1. The standard InChI is InChI=1S/C19H29N2O5PS2/c1-5-7-12-29-18(20)14-21-27(28,25-15(3)13-19(22)23-4)26-17-11-9-8-10-16(17)24-6-2/h8-11,13-14,18H,5-7,12,20H2,1-4H3. The highest BCUT2D eigenvalue weighted by Gasteiger charge is 2.24. The van der Waals surface area contributed by atoms with E-state index in [4.69, 9.17) is 31.3 Å². The summed E-state index contributed by atoms with van der Waals surface area (Å²) in [5.74, 6) is 1.53. The SMILES string of the molecule is CCCCSC(N)C=NP(=S)(OC(C)=CC(=O)OC)Oc1ccccc1OCC. The van der Waals surface area contributed by atoms with Gasteiger partial charge in [0.2, 0.25) is 0 Å². The molecule has 2 N–H and O–H groups in total. The number of nitrogens with zero attached hydrogens (tertiary/aromatic N) is 1. The molecule has 0 heterocycles. The van der Waals surface area contributed by atoms with Gasteiger partial charge in [0.1, 0.15) is 5.76 Å². The molecule has 0 spiro atoms. The number of ether oxygens (including phenoxy) is 2. The second kappa shape index (κ2) is 13.6. The zero-order valence-corrected chi connectivity index (χ0v) is 19.7. The Labute approximate surface area is 182 Å². The molecule has 0 aliphatic rings. The topological polar surface area (TPSA) is 92.4 Å². The second-order valence-electron chi connectivity index (χ2n) is 5.76. The normalized spacial score (nSPS) is 14.9. The monoisotopic (exact) mass is 460 g/mol. The van der Waals surface area contributed by atoms with Gasteiger partial charge < -0.3 is 24.3 Å². The van der Waals surface area contributed by atoms with Crippen molar-refractivity contribution >= 4 is 42.4 Å². The van der Waals surface area contributed by atoms with E-state index in [0.717, 1.165) is 18.6 Å². The maximum Gasteiger partial charge on any atom is 0.413 e. The van der Waals surface area contributed by atoms with Crippen molar-refractivity contribution in [2.45, 2.75) is 39.0 Å². The van der Waals surface area contributed by atoms with Crippen LogP contribution in [0.4, 0.5) is 0 Å². The van der Waals surface area contributed by atoms with E-state index in [1.165, 1.54) is 19.4 Å². The van der Waals surface area contributed by atoms with E-state index < -0.39 is 12.6 Å². The second-order valence-corrected chi connectivity index (χ2v) is 9.97. The molecule has 29 heavy (non-hydrogen) atoms. The summed E-state index contributed by atoms with van der Waals surface area (Å²) in [6.07, 6.45) is 4.88. The van der Waals surface area contributed by atoms with Crippen LogP contribution in [0.5, 0.6) is 11.5 Å². The molecule has 0 aromatic heterocycles. The number of para-hydroxylation sites is 2. The first kappa shape index (κ1) is 25.5. The van der Waals surface area contributed by atoms with Gasteiger partial charge in [-0.1, -0.05) is 25.5 Å². The molecule has 0 saturated heterocycles. The number of unbranched alkanes of at least 4 members (excludes halogenated alkanes) is 1. The molecule has 0 aliphatic carbocycles. The van der Waals surface area contributed by atoms with Crippen LogP contribution in [0.15, 0.2) is 40.9 Å². The average molecular weight is 461 g/mol. The molecular weight excluding hydrogens is 431 g/mol. The zero-order valence-electron chi connectivity index (χ0n) is 17.2. The van der Waals surface area contributed by atoms with Crippen molar-refractivity contribution in [1.82, 2.24) is 0 Å². The number of thioether (sulfide) groups is 1. The Morgan fingerprint density at radius 3 is 2.66 bits per heavy atom. The third kappa shape index (κ3) is 10.2. The number of nitrogens with two attached hydrogens (primary N) is 1. The largest absolute Gasteiger partial charge is 0.490 e. The van der Waals surface area contributed by atoms with E-state index in [1.807, 2.05) is 13.0 Å². The Balaban J connectivity index is 3.09. The lowest BCUT2D eigenvalue weighted by molar-refractivity contribution is -0.135. The summed E-state index contributed by atoms with van der Waals surface area (Å²) in [4.78, 5) is 11.5. The number of methoxy groups -OCH3 is 1. The summed E-state index contributed by atoms with van der Waals surface area (Å²) in [5, 5.41) is -0.344. The van der Waals surface area contributed by atoms with Crippen molar-refractivity contribution in [3.05, 3.63) is 36.1 Å². The number of hydrogen-bond acceptors (Lipinski definition) is 8. The van der Waals surface area contributed by atoms with Gasteiger partial charge in [-0.15, -0.1) is 11.8 Å². The van der Waals surface area contributed by atoms with Gasteiger partial charge in [-0.2, -0.15) is 4.76 Å². The molecule has 7 nitrogen and oxygen atoms in total. The number of rotatable bonds is 13. The lowest BCUT2D eigenvalue weighted by Crippen LogP contribution is -2.17. The van der Waals surface area contributed by atoms with Crippen LogP contribution < -0.4 is 15.0 Å². The van der Waals surface area contributed by atoms with Gasteiger partial charge in [0, 0.05) is 18.0 Å². The average Bonchev–Trinajstić information content (AvgIpc) is 2.68. The van der Waals surface area contributed by atoms with Gasteiger partial charge in [0.05, 0.1) is 25.2 Å². The van der Waals surface area contributed by atoms with Gasteiger partial charge in [0.15, 0.2) is 11.5 Å². The Bertz CT molecular complexity index is 758. The van der Waals surface area contributed by atoms with E-state index in [0.29, 0.717) is 18.1 Å². The third-order valence-electron chi connectivity index (χ3n) is 3.31. The predicted molar refractivity (Wildman–Crippen MR) is 123 cm³/mol. The maximum atomic E-state index is 11.5. The van der Waals surface area contributed by atoms with E-state index in [2.05, 4.69) is 16.4 Å². The molecule has 0 radical (unpaired) electrons. The van der Waals surface area contributed by atoms with Crippen LogP contribution in [-0.2, 0) is 25.9 Å². The first-order valence-corrected chi connectivity index (χ1v) is 12.9. The van der Waals surface area contributed by atoms with Gasteiger partial charge in [-0.3, -0.25) is 0 Å². The molecule has 1 aromatic rings. The highest BCUT2D eigenvalue weighted by atomic mass is 32.5. The van der Waals surface area contributed by atoms with E-state index in [9.17, 15) is 4.79 Å². The molecular formula is C19H29N2O5PS2. The number of benzene rings is 1. The quantitative estimate of drug-likeness (QED) is 0.0863. The molecule has 0 amide bonds. The summed E-state index contributed by atoms with van der Waals surface area (Å²) in [5.41, 5.74) is 6.09. The minimum atomic E-state index is -3.25. The summed E-state index contributed by atoms with van der Waals surface area (Å²) < 4.78 is 26.3. The van der Waals surface area contributed by atoms with Crippen LogP contribution in [0.1, 0.15) is 33.6 Å². The van der Waals surface area contributed by atoms with Crippen molar-refractivity contribution in [2.75, 3.05) is 19.5 Å². The molecule has 1 rings (SSSR count). The van der Waals surface area contributed by atoms with E-state index in [1.54, 1.807) is 36.9 Å². The van der Waals surface area contributed by atoms with Gasteiger partial charge in [-0.05, 0) is 38.2 Å². The number of carbonyl (C=O) groups is 1. The first-order valence-electron chi connectivity index (χ1n) is 9.23. The summed E-state index contributed by atoms with van der Waals surface area (Å²) in [6.45, 7) is 2.79. The van der Waals surface area contributed by atoms with E-state index >= 15 is 0 Å². The molecule has 0 aliphatic heterocycles. The summed E-state index contributed by atoms with van der Waals surface area (Å²) >= 11 is 7.17. The highest BCUT2D eigenvalue weighted by Crippen LogP contribution is 2.53. The first-order chi connectivity index (χ1) is 13.8. The fourth-order valence-electron chi connectivity index (χ4n) is 1.98. The van der Waals surface area contributed by atoms with E-state index in [-0.39, 0.29) is 11.1 Å². The lowest BCUT2D eigenvalue weighted by Gasteiger charge is -2.21. The van der Waals surface area contributed by atoms with Crippen molar-refractivity contribution < 1.29 is 23.3 Å². The number of allylic oxidation sites excluding steroid dienone is 1. The van der Waals surface area contributed by atoms with Crippen LogP contribution in [0, 0.1) is 0 Å².